The number of ether oxygens (including phenoxy) is 1. The standard InChI is InChI=1S/C38H46FN9O2/c39-35-36(28-10-12-30(13-11-28)50-31-15-24-46(25-16-31)21-7-20-45-18-3-1-4-19-45)43-37(32-26-41-48-23-5-2-9-33(32)48)44-38(35)42-29-8-6-22-47(27-29)34(49)14-17-40/h2,5,9-13,23,26,29,31H,1,3-4,6-8,14-16,18-22,24-25,27H2,(H,42,43,44). The predicted molar refractivity (Wildman–Crippen MR) is 190 cm³/mol. The van der Waals surface area contributed by atoms with Crippen LogP contribution in [0.3, 0.4) is 0 Å². The molecule has 3 saturated heterocycles. The summed E-state index contributed by atoms with van der Waals surface area (Å²) in [7, 11) is 0. The average Bonchev–Trinajstić information content (AvgIpc) is 3.59. The molecule has 1 amide bonds. The number of halogens is 1. The molecule has 1 N–H and O–H groups in total. The molecule has 12 heteroatoms. The number of nitrogens with one attached hydrogen (secondary N) is 1. The van der Waals surface area contributed by atoms with Crippen LogP contribution in [0.2, 0.25) is 0 Å². The number of fused-ring (bicyclic) bond motifs is 1. The van der Waals surface area contributed by atoms with Gasteiger partial charge in [0.1, 0.15) is 24.0 Å². The molecule has 3 fully saturated rings. The number of carbonyl (C=O) groups is 1. The fourth-order valence-electron chi connectivity index (χ4n) is 7.49. The first-order chi connectivity index (χ1) is 24.5. The number of hydrogen-bond acceptors (Lipinski definition) is 9. The molecule has 0 bridgehead atoms. The Labute approximate surface area is 293 Å². The summed E-state index contributed by atoms with van der Waals surface area (Å²) in [5.74, 6) is 0.402. The van der Waals surface area contributed by atoms with Crippen molar-refractivity contribution in [1.29, 1.82) is 5.26 Å². The average molecular weight is 680 g/mol. The van der Waals surface area contributed by atoms with E-state index in [4.69, 9.17) is 15.0 Å². The van der Waals surface area contributed by atoms with Crippen molar-refractivity contribution in [3.05, 3.63) is 60.7 Å². The van der Waals surface area contributed by atoms with Gasteiger partial charge in [-0.2, -0.15) is 10.4 Å². The van der Waals surface area contributed by atoms with Gasteiger partial charge in [-0.25, -0.2) is 18.9 Å². The zero-order valence-corrected chi connectivity index (χ0v) is 28.6. The van der Waals surface area contributed by atoms with Gasteiger partial charge in [0.15, 0.2) is 17.5 Å². The Morgan fingerprint density at radius 2 is 1.72 bits per heavy atom. The molecule has 7 rings (SSSR count). The number of pyridine rings is 1. The van der Waals surface area contributed by atoms with E-state index in [-0.39, 0.29) is 36.0 Å². The Bertz CT molecular complexity index is 1790. The monoisotopic (exact) mass is 679 g/mol. The highest BCUT2D eigenvalue weighted by Gasteiger charge is 2.27. The highest BCUT2D eigenvalue weighted by atomic mass is 19.1. The first-order valence-corrected chi connectivity index (χ1v) is 18.2. The predicted octanol–water partition coefficient (Wildman–Crippen LogP) is 5.63. The maximum Gasteiger partial charge on any atom is 0.236 e. The van der Waals surface area contributed by atoms with Gasteiger partial charge in [-0.05, 0) is 108 Å². The molecule has 0 aliphatic carbocycles. The summed E-state index contributed by atoms with van der Waals surface area (Å²) in [6.07, 6.45) is 12.3. The van der Waals surface area contributed by atoms with E-state index in [1.807, 2.05) is 54.7 Å². The molecular weight excluding hydrogens is 633 g/mol. The zero-order chi connectivity index (χ0) is 34.3. The van der Waals surface area contributed by atoms with Crippen LogP contribution in [0, 0.1) is 17.1 Å². The lowest BCUT2D eigenvalue weighted by atomic mass is 10.0. The Morgan fingerprint density at radius 1 is 0.940 bits per heavy atom. The molecule has 1 unspecified atom stereocenters. The topological polar surface area (TPSA) is 115 Å². The SMILES string of the molecule is N#CCC(=O)N1CCCC(Nc2nc(-c3cnn4ccccc34)nc(-c3ccc(OC4CCN(CCCN5CCCCC5)CC4)cc3)c2F)C1. The number of carbonyl (C=O) groups excluding carboxylic acids is 1. The molecule has 50 heavy (non-hydrogen) atoms. The van der Waals surface area contributed by atoms with Crippen molar-refractivity contribution < 1.29 is 13.9 Å². The van der Waals surface area contributed by atoms with Gasteiger partial charge in [0, 0.05) is 44.0 Å². The molecule has 3 aliphatic rings. The van der Waals surface area contributed by atoms with Gasteiger partial charge < -0.3 is 24.8 Å². The Morgan fingerprint density at radius 3 is 2.50 bits per heavy atom. The van der Waals surface area contributed by atoms with E-state index < -0.39 is 5.82 Å². The second-order valence-corrected chi connectivity index (χ2v) is 13.7. The summed E-state index contributed by atoms with van der Waals surface area (Å²) in [6.45, 7) is 7.91. The number of hydrogen-bond donors (Lipinski definition) is 1. The molecule has 1 aromatic carbocycles. The number of amides is 1. The van der Waals surface area contributed by atoms with Gasteiger partial charge in [-0.1, -0.05) is 12.5 Å². The molecule has 3 aromatic heterocycles. The van der Waals surface area contributed by atoms with E-state index in [0.717, 1.165) is 56.6 Å². The highest BCUT2D eigenvalue weighted by Crippen LogP contribution is 2.32. The largest absolute Gasteiger partial charge is 0.490 e. The number of nitriles is 1. The minimum atomic E-state index is -0.563. The van der Waals surface area contributed by atoms with Gasteiger partial charge in [0.05, 0.1) is 23.3 Å². The molecule has 4 aromatic rings. The number of nitrogens with zero attached hydrogens (tertiary/aromatic N) is 8. The molecule has 6 heterocycles. The second kappa shape index (κ2) is 16.0. The highest BCUT2D eigenvalue weighted by molar-refractivity contribution is 5.79. The molecular formula is C38H46FN9O2. The quantitative estimate of drug-likeness (QED) is 0.215. The summed E-state index contributed by atoms with van der Waals surface area (Å²) < 4.78 is 24.5. The number of aromatic nitrogens is 4. The van der Waals surface area contributed by atoms with Crippen molar-refractivity contribution in [1.82, 2.24) is 34.3 Å². The maximum absolute atomic E-state index is 16.4. The van der Waals surface area contributed by atoms with E-state index in [0.29, 0.717) is 30.0 Å². The first kappa shape index (κ1) is 33.9. The van der Waals surface area contributed by atoms with Gasteiger partial charge in [0.25, 0.3) is 0 Å². The van der Waals surface area contributed by atoms with Crippen LogP contribution in [0.15, 0.2) is 54.9 Å². The van der Waals surface area contributed by atoms with E-state index in [1.165, 1.54) is 45.3 Å². The molecule has 0 saturated carbocycles. The number of piperidine rings is 3. The zero-order valence-electron chi connectivity index (χ0n) is 28.6. The number of benzene rings is 1. The Balaban J connectivity index is 1.05. The Kier molecular flexibility index (Phi) is 10.8. The summed E-state index contributed by atoms with van der Waals surface area (Å²) in [6, 6.07) is 14.9. The van der Waals surface area contributed by atoms with E-state index in [9.17, 15) is 4.79 Å². The Hall–Kier alpha value is -4.60. The van der Waals surface area contributed by atoms with Gasteiger partial charge in [-0.3, -0.25) is 4.79 Å². The minimum absolute atomic E-state index is 0.0721. The third-order valence-corrected chi connectivity index (χ3v) is 10.2. The summed E-state index contributed by atoms with van der Waals surface area (Å²) >= 11 is 0. The van der Waals surface area contributed by atoms with Gasteiger partial charge in [-0.15, -0.1) is 0 Å². The van der Waals surface area contributed by atoms with Crippen LogP contribution in [0.4, 0.5) is 10.2 Å². The van der Waals surface area contributed by atoms with Crippen molar-refractivity contribution in [2.75, 3.05) is 57.7 Å². The third-order valence-electron chi connectivity index (χ3n) is 10.2. The molecule has 0 spiro atoms. The smallest absolute Gasteiger partial charge is 0.236 e. The molecule has 11 nitrogen and oxygen atoms in total. The van der Waals surface area contributed by atoms with E-state index >= 15 is 4.39 Å². The van der Waals surface area contributed by atoms with Gasteiger partial charge >= 0.3 is 0 Å². The fraction of sp³-hybridized carbons (Fsp3) is 0.500. The van der Waals surface area contributed by atoms with E-state index in [2.05, 4.69) is 25.2 Å². The van der Waals surface area contributed by atoms with Crippen LogP contribution in [0.1, 0.15) is 57.8 Å². The lowest BCUT2D eigenvalue weighted by Crippen LogP contribution is -2.45. The van der Waals surface area contributed by atoms with Crippen LogP contribution in [0.5, 0.6) is 5.75 Å². The van der Waals surface area contributed by atoms with E-state index in [1.54, 1.807) is 15.6 Å². The lowest BCUT2D eigenvalue weighted by Gasteiger charge is -2.33. The molecule has 3 aliphatic heterocycles. The lowest BCUT2D eigenvalue weighted by molar-refractivity contribution is -0.131. The molecule has 262 valence electrons. The van der Waals surface area contributed by atoms with Crippen molar-refractivity contribution in [3.63, 3.8) is 0 Å². The summed E-state index contributed by atoms with van der Waals surface area (Å²) in [5.41, 5.74) is 2.27. The van der Waals surface area contributed by atoms with Crippen LogP contribution in [-0.2, 0) is 4.79 Å². The second-order valence-electron chi connectivity index (χ2n) is 13.7. The van der Waals surface area contributed by atoms with Crippen LogP contribution >= 0.6 is 0 Å². The normalized spacial score (nSPS) is 19.4. The van der Waals surface area contributed by atoms with Crippen molar-refractivity contribution in [3.8, 4) is 34.5 Å². The van der Waals surface area contributed by atoms with Crippen molar-refractivity contribution in [2.24, 2.45) is 0 Å². The number of likely N-dealkylation sites (tertiary alicyclic amines) is 3. The van der Waals surface area contributed by atoms with Crippen molar-refractivity contribution in [2.45, 2.75) is 69.9 Å². The van der Waals surface area contributed by atoms with Crippen LogP contribution in [-0.4, -0.2) is 105 Å². The number of anilines is 1. The maximum atomic E-state index is 16.4. The third kappa shape index (κ3) is 8.06. The van der Waals surface area contributed by atoms with Crippen LogP contribution in [0.25, 0.3) is 28.2 Å². The number of rotatable bonds is 11. The van der Waals surface area contributed by atoms with Crippen LogP contribution < -0.4 is 10.1 Å². The summed E-state index contributed by atoms with van der Waals surface area (Å²) in [5, 5.41) is 16.7. The molecule has 1 atom stereocenters. The fourth-order valence-corrected chi connectivity index (χ4v) is 7.49. The first-order valence-electron chi connectivity index (χ1n) is 18.2. The summed E-state index contributed by atoms with van der Waals surface area (Å²) in [4.78, 5) is 28.7. The van der Waals surface area contributed by atoms with Crippen molar-refractivity contribution >= 4 is 17.2 Å². The minimum Gasteiger partial charge on any atom is -0.490 e. The molecule has 0 radical (unpaired) electrons. The van der Waals surface area contributed by atoms with Gasteiger partial charge in [0.2, 0.25) is 5.91 Å².